The quantitative estimate of drug-likeness (QED) is 0.339. The standard InChI is InChI=1S/C18H17ClN6O3S/c1-11(2)12-3-6-14(7-4-12)24-18(21-22-23-24)29-10-17(26)20-15-8-5-13(19)9-16(15)25(27)28/h3-9,11H,10H2,1-2H3,(H,20,26). The molecule has 0 bridgehead atoms. The molecule has 29 heavy (non-hydrogen) atoms. The lowest BCUT2D eigenvalue weighted by Gasteiger charge is -2.08. The number of nitrogens with one attached hydrogen (secondary N) is 1. The van der Waals surface area contributed by atoms with Crippen molar-refractivity contribution in [2.24, 2.45) is 0 Å². The molecule has 1 N–H and O–H groups in total. The van der Waals surface area contributed by atoms with Crippen molar-refractivity contribution in [3.8, 4) is 5.69 Å². The fourth-order valence-electron chi connectivity index (χ4n) is 2.51. The number of nitrogens with zero attached hydrogens (tertiary/aromatic N) is 5. The van der Waals surface area contributed by atoms with Gasteiger partial charge >= 0.3 is 0 Å². The largest absolute Gasteiger partial charge is 0.320 e. The summed E-state index contributed by atoms with van der Waals surface area (Å²) >= 11 is 6.91. The van der Waals surface area contributed by atoms with E-state index in [2.05, 4.69) is 34.7 Å². The minimum absolute atomic E-state index is 0.0236. The molecule has 3 aromatic rings. The van der Waals surface area contributed by atoms with Gasteiger partial charge in [0.25, 0.3) is 5.69 Å². The number of carbonyl (C=O) groups excluding carboxylic acids is 1. The van der Waals surface area contributed by atoms with Gasteiger partial charge < -0.3 is 5.32 Å². The number of benzene rings is 2. The molecular weight excluding hydrogens is 416 g/mol. The molecular formula is C18H17ClN6O3S. The molecule has 0 atom stereocenters. The second kappa shape index (κ2) is 9.01. The molecule has 0 aliphatic rings. The van der Waals surface area contributed by atoms with Crippen molar-refractivity contribution >= 4 is 40.6 Å². The average Bonchev–Trinajstić information content (AvgIpc) is 3.16. The molecule has 150 valence electrons. The van der Waals surface area contributed by atoms with Gasteiger partial charge in [-0.3, -0.25) is 14.9 Å². The monoisotopic (exact) mass is 432 g/mol. The van der Waals surface area contributed by atoms with Crippen LogP contribution in [-0.4, -0.2) is 36.8 Å². The number of hydrogen-bond acceptors (Lipinski definition) is 7. The number of nitro groups is 1. The van der Waals surface area contributed by atoms with E-state index in [-0.39, 0.29) is 22.2 Å². The summed E-state index contributed by atoms with van der Waals surface area (Å²) in [5.74, 6) is -0.0398. The predicted octanol–water partition coefficient (Wildman–Crippen LogP) is 4.08. The van der Waals surface area contributed by atoms with Crippen LogP contribution in [0.2, 0.25) is 5.02 Å². The van der Waals surface area contributed by atoms with Crippen molar-refractivity contribution in [1.29, 1.82) is 0 Å². The maximum Gasteiger partial charge on any atom is 0.294 e. The van der Waals surface area contributed by atoms with Crippen LogP contribution in [0.15, 0.2) is 47.6 Å². The van der Waals surface area contributed by atoms with E-state index in [1.54, 1.807) is 0 Å². The minimum atomic E-state index is -0.601. The molecule has 0 spiro atoms. The first kappa shape index (κ1) is 20.7. The van der Waals surface area contributed by atoms with Crippen LogP contribution in [0.3, 0.4) is 0 Å². The number of anilines is 1. The second-order valence-electron chi connectivity index (χ2n) is 6.37. The van der Waals surface area contributed by atoms with E-state index in [0.29, 0.717) is 11.1 Å². The van der Waals surface area contributed by atoms with Gasteiger partial charge in [0.2, 0.25) is 11.1 Å². The van der Waals surface area contributed by atoms with E-state index in [9.17, 15) is 14.9 Å². The van der Waals surface area contributed by atoms with Crippen molar-refractivity contribution in [1.82, 2.24) is 20.2 Å². The van der Waals surface area contributed by atoms with E-state index >= 15 is 0 Å². The molecule has 0 aliphatic heterocycles. The maximum absolute atomic E-state index is 12.3. The Morgan fingerprint density at radius 1 is 1.28 bits per heavy atom. The van der Waals surface area contributed by atoms with Crippen LogP contribution in [-0.2, 0) is 4.79 Å². The third kappa shape index (κ3) is 5.09. The zero-order valence-corrected chi connectivity index (χ0v) is 17.1. The number of halogens is 1. The summed E-state index contributed by atoms with van der Waals surface area (Å²) in [6, 6.07) is 11.9. The van der Waals surface area contributed by atoms with E-state index in [4.69, 9.17) is 11.6 Å². The SMILES string of the molecule is CC(C)c1ccc(-n2nnnc2SCC(=O)Nc2ccc(Cl)cc2[N+](=O)[O-])cc1. The van der Waals surface area contributed by atoms with Crippen LogP contribution >= 0.6 is 23.4 Å². The van der Waals surface area contributed by atoms with Gasteiger partial charge in [-0.1, -0.05) is 49.3 Å². The summed E-state index contributed by atoms with van der Waals surface area (Å²) in [5.41, 5.74) is 1.77. The van der Waals surface area contributed by atoms with Gasteiger partial charge in [0.1, 0.15) is 5.69 Å². The Labute approximate surface area is 175 Å². The second-order valence-corrected chi connectivity index (χ2v) is 7.75. The molecule has 11 heteroatoms. The number of amides is 1. The zero-order chi connectivity index (χ0) is 21.0. The van der Waals surface area contributed by atoms with E-state index < -0.39 is 10.8 Å². The van der Waals surface area contributed by atoms with Gasteiger partial charge in [0.05, 0.1) is 16.4 Å². The van der Waals surface area contributed by atoms with Gasteiger partial charge in [-0.15, -0.1) is 5.10 Å². The number of hydrogen-bond donors (Lipinski definition) is 1. The Morgan fingerprint density at radius 3 is 2.66 bits per heavy atom. The zero-order valence-electron chi connectivity index (χ0n) is 15.6. The van der Waals surface area contributed by atoms with Crippen LogP contribution in [0.5, 0.6) is 0 Å². The minimum Gasteiger partial charge on any atom is -0.320 e. The Balaban J connectivity index is 1.68. The highest BCUT2D eigenvalue weighted by molar-refractivity contribution is 7.99. The lowest BCUT2D eigenvalue weighted by Crippen LogP contribution is -2.15. The molecule has 0 aliphatic carbocycles. The van der Waals surface area contributed by atoms with Gasteiger partial charge in [0, 0.05) is 11.1 Å². The summed E-state index contributed by atoms with van der Waals surface area (Å²) in [7, 11) is 0. The van der Waals surface area contributed by atoms with E-state index in [0.717, 1.165) is 17.4 Å². The summed E-state index contributed by atoms with van der Waals surface area (Å²) < 4.78 is 1.53. The van der Waals surface area contributed by atoms with Crippen LogP contribution < -0.4 is 5.32 Å². The number of carbonyl (C=O) groups is 1. The molecule has 2 aromatic carbocycles. The Kier molecular flexibility index (Phi) is 6.45. The highest BCUT2D eigenvalue weighted by Crippen LogP contribution is 2.28. The molecule has 0 fully saturated rings. The van der Waals surface area contributed by atoms with Gasteiger partial charge in [-0.2, -0.15) is 4.68 Å². The lowest BCUT2D eigenvalue weighted by atomic mass is 10.0. The third-order valence-corrected chi connectivity index (χ3v) is 5.16. The van der Waals surface area contributed by atoms with Gasteiger partial charge in [0.15, 0.2) is 0 Å². The highest BCUT2D eigenvalue weighted by atomic mass is 35.5. The first-order valence-corrected chi connectivity index (χ1v) is 9.97. The first-order chi connectivity index (χ1) is 13.8. The van der Waals surface area contributed by atoms with Crippen molar-refractivity contribution in [2.45, 2.75) is 24.9 Å². The fraction of sp³-hybridized carbons (Fsp3) is 0.222. The first-order valence-electron chi connectivity index (χ1n) is 8.60. The Morgan fingerprint density at radius 2 is 2.00 bits per heavy atom. The maximum atomic E-state index is 12.3. The molecule has 9 nitrogen and oxygen atoms in total. The molecule has 1 amide bonds. The number of thioether (sulfide) groups is 1. The molecule has 1 heterocycles. The van der Waals surface area contributed by atoms with Gasteiger partial charge in [-0.05, 0) is 46.2 Å². The molecule has 0 saturated heterocycles. The van der Waals surface area contributed by atoms with Crippen molar-refractivity contribution in [2.75, 3.05) is 11.1 Å². The van der Waals surface area contributed by atoms with Crippen molar-refractivity contribution in [3.63, 3.8) is 0 Å². The summed E-state index contributed by atoms with van der Waals surface area (Å²) in [6.45, 7) is 4.22. The molecule has 0 unspecified atom stereocenters. The van der Waals surface area contributed by atoms with Crippen molar-refractivity contribution < 1.29 is 9.72 Å². The molecule has 3 rings (SSSR count). The fourth-order valence-corrected chi connectivity index (χ4v) is 3.37. The average molecular weight is 433 g/mol. The van der Waals surface area contributed by atoms with Gasteiger partial charge in [-0.25, -0.2) is 0 Å². The molecule has 0 saturated carbocycles. The number of aromatic nitrogens is 4. The van der Waals surface area contributed by atoms with Crippen molar-refractivity contribution in [3.05, 3.63) is 63.2 Å². The summed E-state index contributed by atoms with van der Waals surface area (Å²) in [6.07, 6.45) is 0. The molecule has 1 aromatic heterocycles. The Bertz CT molecular complexity index is 1040. The topological polar surface area (TPSA) is 116 Å². The smallest absolute Gasteiger partial charge is 0.294 e. The van der Waals surface area contributed by atoms with Crippen LogP contribution in [0.4, 0.5) is 11.4 Å². The van der Waals surface area contributed by atoms with E-state index in [1.807, 2.05) is 24.3 Å². The molecule has 0 radical (unpaired) electrons. The predicted molar refractivity (Wildman–Crippen MR) is 111 cm³/mol. The highest BCUT2D eigenvalue weighted by Gasteiger charge is 2.18. The normalized spacial score (nSPS) is 10.9. The van der Waals surface area contributed by atoms with Crippen LogP contribution in [0.1, 0.15) is 25.3 Å². The summed E-state index contributed by atoms with van der Waals surface area (Å²) in [4.78, 5) is 22.8. The lowest BCUT2D eigenvalue weighted by molar-refractivity contribution is -0.383. The number of tetrazole rings is 1. The number of rotatable bonds is 7. The van der Waals surface area contributed by atoms with Crippen LogP contribution in [0.25, 0.3) is 5.69 Å². The Hall–Kier alpha value is -2.98. The third-order valence-electron chi connectivity index (χ3n) is 4.01. The summed E-state index contributed by atoms with van der Waals surface area (Å²) in [5, 5.41) is 25.9. The number of nitro benzene ring substituents is 1. The van der Waals surface area contributed by atoms with Crippen LogP contribution in [0, 0.1) is 10.1 Å². The van der Waals surface area contributed by atoms with E-state index in [1.165, 1.54) is 28.4 Å².